The third-order valence-electron chi connectivity index (χ3n) is 3.69. The number of terminal acetylenes is 1. The van der Waals surface area contributed by atoms with Gasteiger partial charge in [0.2, 0.25) is 0 Å². The molecule has 1 aromatic rings. The normalized spacial score (nSPS) is 13.1. The highest BCUT2D eigenvalue weighted by atomic mass is 14.6. The van der Waals surface area contributed by atoms with Gasteiger partial charge >= 0.3 is 0 Å². The maximum atomic E-state index is 6.16. The van der Waals surface area contributed by atoms with Crippen LogP contribution >= 0.6 is 0 Å². The number of hydrogen-bond acceptors (Lipinski definition) is 1. The number of aryl methyl sites for hydroxylation is 2. The Hall–Kier alpha value is -1.26. The average Bonchev–Trinajstić information content (AvgIpc) is 2.29. The number of benzene rings is 1. The standard InChI is InChI=1S/C18H27N/c1-7-8-9-16(19)12-17-13(2)10-15(11-14(17)3)18(4,5)6/h1,10-11,16H,8-9,12,19H2,2-6H3. The van der Waals surface area contributed by atoms with Crippen molar-refractivity contribution in [3.8, 4) is 12.3 Å². The molecule has 0 radical (unpaired) electrons. The summed E-state index contributed by atoms with van der Waals surface area (Å²) in [5.41, 5.74) is 11.8. The molecule has 1 unspecified atom stereocenters. The Morgan fingerprint density at radius 3 is 2.16 bits per heavy atom. The van der Waals surface area contributed by atoms with Crippen LogP contribution < -0.4 is 5.73 Å². The van der Waals surface area contributed by atoms with E-state index >= 15 is 0 Å². The van der Waals surface area contributed by atoms with Crippen molar-refractivity contribution in [3.63, 3.8) is 0 Å². The summed E-state index contributed by atoms with van der Waals surface area (Å²) in [6.45, 7) is 11.1. The molecule has 1 rings (SSSR count). The summed E-state index contributed by atoms with van der Waals surface area (Å²) in [4.78, 5) is 0. The van der Waals surface area contributed by atoms with E-state index < -0.39 is 0 Å². The molecule has 0 saturated heterocycles. The fourth-order valence-electron chi connectivity index (χ4n) is 2.38. The minimum atomic E-state index is 0.161. The van der Waals surface area contributed by atoms with Gasteiger partial charge in [-0.25, -0.2) is 0 Å². The summed E-state index contributed by atoms with van der Waals surface area (Å²) in [6.07, 6.45) is 7.88. The highest BCUT2D eigenvalue weighted by Gasteiger charge is 2.17. The van der Waals surface area contributed by atoms with Gasteiger partial charge in [-0.2, -0.15) is 0 Å². The molecule has 0 amide bonds. The molecule has 0 spiro atoms. The molecule has 1 heteroatoms. The van der Waals surface area contributed by atoms with Crippen LogP contribution in [0.2, 0.25) is 0 Å². The van der Waals surface area contributed by atoms with Gasteiger partial charge < -0.3 is 5.73 Å². The lowest BCUT2D eigenvalue weighted by Crippen LogP contribution is -2.24. The monoisotopic (exact) mass is 257 g/mol. The van der Waals surface area contributed by atoms with Gasteiger partial charge in [-0.1, -0.05) is 32.9 Å². The Kier molecular flexibility index (Phi) is 5.20. The van der Waals surface area contributed by atoms with Crippen LogP contribution in [0.5, 0.6) is 0 Å². The van der Waals surface area contributed by atoms with Crippen molar-refractivity contribution in [1.29, 1.82) is 0 Å². The Labute approximate surface area is 118 Å². The first-order chi connectivity index (χ1) is 8.75. The van der Waals surface area contributed by atoms with E-state index in [1.54, 1.807) is 0 Å². The second-order valence-corrected chi connectivity index (χ2v) is 6.55. The highest BCUT2D eigenvalue weighted by Crippen LogP contribution is 2.27. The van der Waals surface area contributed by atoms with Crippen LogP contribution in [-0.4, -0.2) is 6.04 Å². The summed E-state index contributed by atoms with van der Waals surface area (Å²) < 4.78 is 0. The van der Waals surface area contributed by atoms with Crippen LogP contribution in [0.25, 0.3) is 0 Å². The molecule has 0 heterocycles. The second-order valence-electron chi connectivity index (χ2n) is 6.55. The predicted octanol–water partition coefficient (Wildman–Crippen LogP) is 3.88. The third kappa shape index (κ3) is 4.40. The number of nitrogens with two attached hydrogens (primary N) is 1. The lowest BCUT2D eigenvalue weighted by atomic mass is 9.83. The van der Waals surface area contributed by atoms with Crippen LogP contribution in [-0.2, 0) is 11.8 Å². The maximum Gasteiger partial charge on any atom is 0.0101 e. The van der Waals surface area contributed by atoms with Crippen LogP contribution in [0.3, 0.4) is 0 Å². The molecular formula is C18H27N. The fourth-order valence-corrected chi connectivity index (χ4v) is 2.38. The predicted molar refractivity (Wildman–Crippen MR) is 84.4 cm³/mol. The Morgan fingerprint density at radius 1 is 1.21 bits per heavy atom. The van der Waals surface area contributed by atoms with Gasteiger partial charge in [0.15, 0.2) is 0 Å². The molecule has 0 bridgehead atoms. The van der Waals surface area contributed by atoms with Crippen molar-refractivity contribution in [2.45, 2.75) is 65.3 Å². The van der Waals surface area contributed by atoms with Gasteiger partial charge in [0.25, 0.3) is 0 Å². The summed E-state index contributed by atoms with van der Waals surface area (Å²) in [5, 5.41) is 0. The van der Waals surface area contributed by atoms with Crippen molar-refractivity contribution in [3.05, 3.63) is 34.4 Å². The lowest BCUT2D eigenvalue weighted by molar-refractivity contribution is 0.586. The highest BCUT2D eigenvalue weighted by molar-refractivity contribution is 5.40. The van der Waals surface area contributed by atoms with E-state index in [2.05, 4.69) is 52.7 Å². The number of rotatable bonds is 4. The van der Waals surface area contributed by atoms with Gasteiger partial charge in [0.1, 0.15) is 0 Å². The molecule has 2 N–H and O–H groups in total. The molecule has 0 aliphatic carbocycles. The maximum absolute atomic E-state index is 6.16. The third-order valence-corrected chi connectivity index (χ3v) is 3.69. The molecule has 0 aromatic heterocycles. The fraction of sp³-hybridized carbons (Fsp3) is 0.556. The summed E-state index contributed by atoms with van der Waals surface area (Å²) in [7, 11) is 0. The van der Waals surface area contributed by atoms with Crippen LogP contribution in [0.1, 0.15) is 55.9 Å². The van der Waals surface area contributed by atoms with Gasteiger partial charge in [0, 0.05) is 12.5 Å². The first kappa shape index (κ1) is 15.8. The molecule has 1 nitrogen and oxygen atoms in total. The SMILES string of the molecule is C#CCCC(N)Cc1c(C)cc(C(C)(C)C)cc1C. The zero-order chi connectivity index (χ0) is 14.6. The topological polar surface area (TPSA) is 26.0 Å². The van der Waals surface area contributed by atoms with Gasteiger partial charge in [0.05, 0.1) is 0 Å². The molecule has 0 saturated carbocycles. The summed E-state index contributed by atoms with van der Waals surface area (Å²) >= 11 is 0. The smallest absolute Gasteiger partial charge is 0.0101 e. The zero-order valence-corrected chi connectivity index (χ0v) is 13.0. The van der Waals surface area contributed by atoms with Crippen molar-refractivity contribution >= 4 is 0 Å². The van der Waals surface area contributed by atoms with Crippen LogP contribution in [0.4, 0.5) is 0 Å². The van der Waals surface area contributed by atoms with Gasteiger partial charge in [-0.05, 0) is 54.4 Å². The van der Waals surface area contributed by atoms with E-state index in [0.29, 0.717) is 0 Å². The quantitative estimate of drug-likeness (QED) is 0.814. The minimum Gasteiger partial charge on any atom is -0.327 e. The van der Waals surface area contributed by atoms with Crippen LogP contribution in [0.15, 0.2) is 12.1 Å². The van der Waals surface area contributed by atoms with E-state index in [9.17, 15) is 0 Å². The Bertz CT molecular complexity index is 448. The number of hydrogen-bond donors (Lipinski definition) is 1. The molecule has 1 atom stereocenters. The summed E-state index contributed by atoms with van der Waals surface area (Å²) in [5.74, 6) is 2.66. The molecular weight excluding hydrogens is 230 g/mol. The van der Waals surface area contributed by atoms with E-state index in [-0.39, 0.29) is 11.5 Å². The van der Waals surface area contributed by atoms with Crippen molar-refractivity contribution in [2.75, 3.05) is 0 Å². The van der Waals surface area contributed by atoms with Crippen molar-refractivity contribution < 1.29 is 0 Å². The Morgan fingerprint density at radius 2 is 1.74 bits per heavy atom. The molecule has 104 valence electrons. The van der Waals surface area contributed by atoms with E-state index in [0.717, 1.165) is 19.3 Å². The van der Waals surface area contributed by atoms with Crippen LogP contribution in [0, 0.1) is 26.2 Å². The van der Waals surface area contributed by atoms with Crippen molar-refractivity contribution in [1.82, 2.24) is 0 Å². The summed E-state index contributed by atoms with van der Waals surface area (Å²) in [6, 6.07) is 4.76. The largest absolute Gasteiger partial charge is 0.327 e. The Balaban J connectivity index is 2.95. The van der Waals surface area contributed by atoms with Gasteiger partial charge in [-0.15, -0.1) is 12.3 Å². The van der Waals surface area contributed by atoms with Gasteiger partial charge in [-0.3, -0.25) is 0 Å². The molecule has 19 heavy (non-hydrogen) atoms. The lowest BCUT2D eigenvalue weighted by Gasteiger charge is -2.23. The first-order valence-corrected chi connectivity index (χ1v) is 7.05. The first-order valence-electron chi connectivity index (χ1n) is 7.05. The second kappa shape index (κ2) is 6.26. The molecule has 0 aliphatic heterocycles. The van der Waals surface area contributed by atoms with E-state index in [1.165, 1.54) is 22.3 Å². The van der Waals surface area contributed by atoms with E-state index in [4.69, 9.17) is 12.2 Å². The van der Waals surface area contributed by atoms with E-state index in [1.807, 2.05) is 0 Å². The average molecular weight is 257 g/mol. The zero-order valence-electron chi connectivity index (χ0n) is 13.0. The molecule has 1 aromatic carbocycles. The molecule has 0 fully saturated rings. The molecule has 0 aliphatic rings. The minimum absolute atomic E-state index is 0.161. The van der Waals surface area contributed by atoms with Crippen molar-refractivity contribution in [2.24, 2.45) is 5.73 Å².